The molecule has 1 aliphatic carbocycles. The summed E-state index contributed by atoms with van der Waals surface area (Å²) in [5, 5.41) is 3.51. The number of hydrogen-bond acceptors (Lipinski definition) is 3. The zero-order valence-corrected chi connectivity index (χ0v) is 13.5. The maximum absolute atomic E-state index is 4.75. The van der Waals surface area contributed by atoms with Gasteiger partial charge in [-0.15, -0.1) is 0 Å². The summed E-state index contributed by atoms with van der Waals surface area (Å²) in [6, 6.07) is 5.69. The van der Waals surface area contributed by atoms with E-state index in [9.17, 15) is 0 Å². The summed E-state index contributed by atoms with van der Waals surface area (Å²) in [6.07, 6.45) is 10.2. The Morgan fingerprint density at radius 3 is 2.81 bits per heavy atom. The van der Waals surface area contributed by atoms with E-state index in [4.69, 9.17) is 4.98 Å². The molecule has 1 saturated carbocycles. The molecule has 2 fully saturated rings. The van der Waals surface area contributed by atoms with Gasteiger partial charge in [0.25, 0.3) is 0 Å². The van der Waals surface area contributed by atoms with Gasteiger partial charge in [0, 0.05) is 18.6 Å². The maximum Gasteiger partial charge on any atom is 0.0574 e. The lowest BCUT2D eigenvalue weighted by molar-refractivity contribution is 0.342. The minimum absolute atomic E-state index is 0.394. The highest BCUT2D eigenvalue weighted by atomic mass is 15.2. The van der Waals surface area contributed by atoms with Crippen LogP contribution in [-0.2, 0) is 0 Å². The molecule has 1 N–H and O–H groups in total. The first-order chi connectivity index (χ1) is 10.3. The molecule has 2 heterocycles. The first-order valence-electron chi connectivity index (χ1n) is 8.79. The number of nitrogens with one attached hydrogen (secondary N) is 1. The van der Waals surface area contributed by atoms with Crippen LogP contribution in [0.5, 0.6) is 0 Å². The Balaban J connectivity index is 1.72. The minimum Gasteiger partial charge on any atom is -0.367 e. The van der Waals surface area contributed by atoms with E-state index in [1.165, 1.54) is 50.0 Å². The molecule has 0 amide bonds. The highest BCUT2D eigenvalue weighted by molar-refractivity contribution is 5.47. The third kappa shape index (κ3) is 3.08. The van der Waals surface area contributed by atoms with Crippen LogP contribution in [-0.4, -0.2) is 24.1 Å². The summed E-state index contributed by atoms with van der Waals surface area (Å²) in [4.78, 5) is 7.37. The van der Waals surface area contributed by atoms with E-state index < -0.39 is 0 Å². The Labute approximate surface area is 129 Å². The molecule has 0 radical (unpaired) electrons. The number of rotatable bonds is 5. The third-order valence-corrected chi connectivity index (χ3v) is 5.33. The molecule has 2 aliphatic rings. The van der Waals surface area contributed by atoms with Crippen molar-refractivity contribution in [3.05, 3.63) is 24.0 Å². The molecule has 116 valence electrons. The zero-order valence-electron chi connectivity index (χ0n) is 13.5. The highest BCUT2D eigenvalue weighted by Gasteiger charge is 2.35. The molecule has 0 bridgehead atoms. The number of pyridine rings is 1. The van der Waals surface area contributed by atoms with Crippen molar-refractivity contribution in [2.24, 2.45) is 5.92 Å². The summed E-state index contributed by atoms with van der Waals surface area (Å²) in [6.45, 7) is 6.60. The first kappa shape index (κ1) is 14.8. The normalized spacial score (nSPS) is 26.7. The average molecular weight is 287 g/mol. The molecule has 0 aromatic carbocycles. The number of fused-ring (bicyclic) bond motifs is 1. The number of nitrogens with zero attached hydrogens (tertiary/aromatic N) is 2. The van der Waals surface area contributed by atoms with Crippen LogP contribution in [0.1, 0.15) is 64.1 Å². The van der Waals surface area contributed by atoms with E-state index in [-0.39, 0.29) is 0 Å². The van der Waals surface area contributed by atoms with E-state index in [0.717, 1.165) is 24.9 Å². The van der Waals surface area contributed by atoms with Crippen LogP contribution >= 0.6 is 0 Å². The van der Waals surface area contributed by atoms with Crippen LogP contribution in [0.3, 0.4) is 0 Å². The highest BCUT2D eigenvalue weighted by Crippen LogP contribution is 2.38. The molecule has 3 rings (SSSR count). The molecule has 1 aromatic rings. The van der Waals surface area contributed by atoms with E-state index >= 15 is 0 Å². The average Bonchev–Trinajstić information content (AvgIpc) is 2.97. The van der Waals surface area contributed by atoms with Crippen LogP contribution in [0, 0.1) is 5.92 Å². The van der Waals surface area contributed by atoms with Gasteiger partial charge < -0.3 is 10.2 Å². The fourth-order valence-corrected chi connectivity index (χ4v) is 4.20. The molecule has 1 aliphatic heterocycles. The van der Waals surface area contributed by atoms with Crippen molar-refractivity contribution >= 4 is 5.69 Å². The SMILES string of the molecule is CCNC(CC)c1ccc(N2CCC3CCCCC32)cn1. The van der Waals surface area contributed by atoms with Gasteiger partial charge >= 0.3 is 0 Å². The third-order valence-electron chi connectivity index (χ3n) is 5.33. The second-order valence-corrected chi connectivity index (χ2v) is 6.55. The van der Waals surface area contributed by atoms with E-state index in [1.54, 1.807) is 0 Å². The molecule has 3 unspecified atom stereocenters. The quantitative estimate of drug-likeness (QED) is 0.890. The predicted octanol–water partition coefficient (Wildman–Crippen LogP) is 3.91. The summed E-state index contributed by atoms with van der Waals surface area (Å²) in [7, 11) is 0. The molecule has 1 saturated heterocycles. The van der Waals surface area contributed by atoms with E-state index in [2.05, 4.69) is 42.4 Å². The van der Waals surface area contributed by atoms with E-state index in [0.29, 0.717) is 6.04 Å². The lowest BCUT2D eigenvalue weighted by Crippen LogP contribution is -2.34. The van der Waals surface area contributed by atoms with Crippen molar-refractivity contribution in [1.82, 2.24) is 10.3 Å². The molecular formula is C18H29N3. The fourth-order valence-electron chi connectivity index (χ4n) is 4.20. The molecule has 21 heavy (non-hydrogen) atoms. The summed E-state index contributed by atoms with van der Waals surface area (Å²) in [5.74, 6) is 0.934. The maximum atomic E-state index is 4.75. The van der Waals surface area contributed by atoms with E-state index in [1.807, 2.05) is 0 Å². The topological polar surface area (TPSA) is 28.2 Å². The number of anilines is 1. The molecule has 3 atom stereocenters. The fraction of sp³-hybridized carbons (Fsp3) is 0.722. The molecule has 3 heteroatoms. The smallest absolute Gasteiger partial charge is 0.0574 e. The predicted molar refractivity (Wildman–Crippen MR) is 88.7 cm³/mol. The Kier molecular flexibility index (Phi) is 4.79. The van der Waals surface area contributed by atoms with Crippen molar-refractivity contribution in [1.29, 1.82) is 0 Å². The molecular weight excluding hydrogens is 258 g/mol. The Morgan fingerprint density at radius 2 is 2.10 bits per heavy atom. The van der Waals surface area contributed by atoms with Crippen LogP contribution < -0.4 is 10.2 Å². The Bertz CT molecular complexity index is 442. The van der Waals surface area contributed by atoms with Gasteiger partial charge in [0.05, 0.1) is 17.6 Å². The number of hydrogen-bond donors (Lipinski definition) is 1. The van der Waals surface area contributed by atoms with Crippen molar-refractivity contribution in [2.75, 3.05) is 18.0 Å². The monoisotopic (exact) mass is 287 g/mol. The van der Waals surface area contributed by atoms with Gasteiger partial charge in [0.2, 0.25) is 0 Å². The van der Waals surface area contributed by atoms with Gasteiger partial charge in [-0.05, 0) is 50.3 Å². The molecule has 1 aromatic heterocycles. The summed E-state index contributed by atoms with van der Waals surface area (Å²) < 4.78 is 0. The van der Waals surface area contributed by atoms with Crippen LogP contribution in [0.15, 0.2) is 18.3 Å². The van der Waals surface area contributed by atoms with Crippen molar-refractivity contribution in [3.8, 4) is 0 Å². The van der Waals surface area contributed by atoms with Crippen molar-refractivity contribution < 1.29 is 0 Å². The summed E-state index contributed by atoms with van der Waals surface area (Å²) in [5.41, 5.74) is 2.52. The standard InChI is InChI=1S/C18H29N3/c1-3-16(19-4-2)17-10-9-15(13-20-17)21-12-11-14-7-5-6-8-18(14)21/h9-10,13-14,16,18-19H,3-8,11-12H2,1-2H3. The van der Waals surface area contributed by atoms with Gasteiger partial charge in [-0.2, -0.15) is 0 Å². The lowest BCUT2D eigenvalue weighted by atomic mass is 9.85. The minimum atomic E-state index is 0.394. The Morgan fingerprint density at radius 1 is 1.24 bits per heavy atom. The largest absolute Gasteiger partial charge is 0.367 e. The summed E-state index contributed by atoms with van der Waals surface area (Å²) >= 11 is 0. The van der Waals surface area contributed by atoms with Gasteiger partial charge in [-0.3, -0.25) is 4.98 Å². The van der Waals surface area contributed by atoms with Gasteiger partial charge in [-0.1, -0.05) is 26.7 Å². The van der Waals surface area contributed by atoms with Crippen LogP contribution in [0.4, 0.5) is 5.69 Å². The Hall–Kier alpha value is -1.09. The number of aromatic nitrogens is 1. The van der Waals surface area contributed by atoms with Crippen molar-refractivity contribution in [2.45, 2.75) is 64.5 Å². The van der Waals surface area contributed by atoms with Gasteiger partial charge in [0.15, 0.2) is 0 Å². The van der Waals surface area contributed by atoms with Crippen LogP contribution in [0.25, 0.3) is 0 Å². The second-order valence-electron chi connectivity index (χ2n) is 6.55. The second kappa shape index (κ2) is 6.78. The van der Waals surface area contributed by atoms with Gasteiger partial charge in [0.1, 0.15) is 0 Å². The van der Waals surface area contributed by atoms with Crippen LogP contribution in [0.2, 0.25) is 0 Å². The van der Waals surface area contributed by atoms with Gasteiger partial charge in [-0.25, -0.2) is 0 Å². The molecule has 0 spiro atoms. The molecule has 3 nitrogen and oxygen atoms in total. The zero-order chi connectivity index (χ0) is 14.7. The lowest BCUT2D eigenvalue weighted by Gasteiger charge is -2.33. The first-order valence-corrected chi connectivity index (χ1v) is 8.79. The van der Waals surface area contributed by atoms with Crippen molar-refractivity contribution in [3.63, 3.8) is 0 Å².